The number of carbonyl (C=O) groups excluding carboxylic acids is 1. The van der Waals surface area contributed by atoms with Crippen molar-refractivity contribution >= 4 is 33.3 Å². The molecule has 2 aromatic carbocycles. The van der Waals surface area contributed by atoms with Gasteiger partial charge in [-0.25, -0.2) is 0 Å². The maximum Gasteiger partial charge on any atom is 0.261 e. The SMILES string of the molecule is CC(C)(C)[Si](C)(C)OCC(CCC=O)O[Si](c1ccccc1)(c1ccccc1)C(C)(C)C. The van der Waals surface area contributed by atoms with E-state index >= 15 is 0 Å². The number of hydrogen-bond acceptors (Lipinski definition) is 3. The van der Waals surface area contributed by atoms with E-state index in [1.807, 2.05) is 0 Å². The first kappa shape index (κ1) is 26.7. The van der Waals surface area contributed by atoms with Crippen molar-refractivity contribution in [2.24, 2.45) is 0 Å². The van der Waals surface area contributed by atoms with Gasteiger partial charge in [-0.1, -0.05) is 102 Å². The van der Waals surface area contributed by atoms with Gasteiger partial charge in [-0.05, 0) is 40.0 Å². The monoisotopic (exact) mass is 470 g/mol. The Bertz CT molecular complexity index is 797. The summed E-state index contributed by atoms with van der Waals surface area (Å²) in [5.74, 6) is 0. The maximum absolute atomic E-state index is 11.3. The van der Waals surface area contributed by atoms with Gasteiger partial charge >= 0.3 is 0 Å². The molecule has 0 spiro atoms. The molecule has 0 N–H and O–H groups in total. The third kappa shape index (κ3) is 6.07. The summed E-state index contributed by atoms with van der Waals surface area (Å²) >= 11 is 0. The van der Waals surface area contributed by atoms with Gasteiger partial charge in [0.2, 0.25) is 0 Å². The van der Waals surface area contributed by atoms with Crippen LogP contribution in [0, 0.1) is 0 Å². The molecule has 0 heterocycles. The molecule has 5 heteroatoms. The topological polar surface area (TPSA) is 35.5 Å². The molecule has 1 atom stereocenters. The van der Waals surface area contributed by atoms with Crippen LogP contribution in [-0.4, -0.2) is 35.6 Å². The Labute approximate surface area is 197 Å². The van der Waals surface area contributed by atoms with Crippen LogP contribution in [0.4, 0.5) is 0 Å². The standard InChI is InChI=1S/C27H42O3Si2/c1-26(2,3)31(7,8)29-22-23(16-15-21-28)30-32(27(4,5)6,24-17-11-9-12-18-24)25-19-13-10-14-20-25/h9-14,17-21,23H,15-16,22H2,1-8H3. The molecule has 2 aromatic rings. The van der Waals surface area contributed by atoms with Crippen molar-refractivity contribution in [2.75, 3.05) is 6.61 Å². The number of benzene rings is 2. The predicted molar refractivity (Wildman–Crippen MR) is 141 cm³/mol. The van der Waals surface area contributed by atoms with E-state index in [2.05, 4.69) is 115 Å². The van der Waals surface area contributed by atoms with Gasteiger partial charge in [0.15, 0.2) is 8.32 Å². The first-order valence-electron chi connectivity index (χ1n) is 11.7. The zero-order valence-electron chi connectivity index (χ0n) is 21.3. The van der Waals surface area contributed by atoms with Crippen molar-refractivity contribution in [3.05, 3.63) is 60.7 Å². The van der Waals surface area contributed by atoms with Crippen LogP contribution < -0.4 is 10.4 Å². The summed E-state index contributed by atoms with van der Waals surface area (Å²) in [6.45, 7) is 18.7. The minimum atomic E-state index is -2.69. The van der Waals surface area contributed by atoms with E-state index in [9.17, 15) is 4.79 Å². The van der Waals surface area contributed by atoms with Crippen LogP contribution in [0.3, 0.4) is 0 Å². The van der Waals surface area contributed by atoms with E-state index in [1.165, 1.54) is 10.4 Å². The van der Waals surface area contributed by atoms with Gasteiger partial charge in [-0.2, -0.15) is 0 Å². The quantitative estimate of drug-likeness (QED) is 0.319. The normalized spacial score (nSPS) is 14.2. The summed E-state index contributed by atoms with van der Waals surface area (Å²) in [5, 5.41) is 2.52. The molecule has 0 radical (unpaired) electrons. The van der Waals surface area contributed by atoms with Gasteiger partial charge in [0.05, 0.1) is 12.7 Å². The van der Waals surface area contributed by atoms with Gasteiger partial charge in [0, 0.05) is 6.42 Å². The average molecular weight is 471 g/mol. The molecule has 32 heavy (non-hydrogen) atoms. The second-order valence-electron chi connectivity index (χ2n) is 11.2. The number of carbonyl (C=O) groups is 1. The predicted octanol–water partition coefficient (Wildman–Crippen LogP) is 5.93. The van der Waals surface area contributed by atoms with E-state index in [0.717, 1.165) is 6.29 Å². The van der Waals surface area contributed by atoms with Crippen molar-refractivity contribution < 1.29 is 13.6 Å². The minimum Gasteiger partial charge on any atom is -0.414 e. The summed E-state index contributed by atoms with van der Waals surface area (Å²) in [6, 6.07) is 21.3. The fraction of sp³-hybridized carbons (Fsp3) is 0.519. The van der Waals surface area contributed by atoms with Crippen LogP contribution in [0.15, 0.2) is 60.7 Å². The second-order valence-corrected chi connectivity index (χ2v) is 20.3. The molecule has 3 nitrogen and oxygen atoms in total. The van der Waals surface area contributed by atoms with E-state index in [0.29, 0.717) is 19.4 Å². The van der Waals surface area contributed by atoms with E-state index in [1.54, 1.807) is 0 Å². The molecule has 0 saturated carbocycles. The Balaban J connectivity index is 2.54. The molecule has 0 amide bonds. The molecule has 0 aliphatic carbocycles. The third-order valence-corrected chi connectivity index (χ3v) is 16.4. The number of aldehydes is 1. The molecule has 2 rings (SSSR count). The molecule has 0 aliphatic heterocycles. The lowest BCUT2D eigenvalue weighted by atomic mass is 10.2. The first-order valence-corrected chi connectivity index (χ1v) is 16.5. The highest BCUT2D eigenvalue weighted by molar-refractivity contribution is 6.99. The molecule has 0 aliphatic rings. The van der Waals surface area contributed by atoms with Crippen molar-refractivity contribution in [3.63, 3.8) is 0 Å². The number of rotatable bonds is 10. The highest BCUT2D eigenvalue weighted by atomic mass is 28.4. The maximum atomic E-state index is 11.3. The molecular weight excluding hydrogens is 428 g/mol. The molecule has 0 aromatic heterocycles. The Morgan fingerprint density at radius 3 is 1.66 bits per heavy atom. The number of hydrogen-bond donors (Lipinski definition) is 0. The lowest BCUT2D eigenvalue weighted by Gasteiger charge is -2.46. The van der Waals surface area contributed by atoms with Crippen molar-refractivity contribution in [3.8, 4) is 0 Å². The molecule has 0 bridgehead atoms. The summed E-state index contributed by atoms with van der Waals surface area (Å²) in [6.07, 6.45) is 2.00. The first-order chi connectivity index (χ1) is 14.8. The van der Waals surface area contributed by atoms with Gasteiger partial charge in [-0.15, -0.1) is 0 Å². The smallest absolute Gasteiger partial charge is 0.261 e. The summed E-state index contributed by atoms with van der Waals surface area (Å²) in [5.41, 5.74) is 0. The lowest BCUT2D eigenvalue weighted by molar-refractivity contribution is -0.108. The minimum absolute atomic E-state index is 0.105. The van der Waals surface area contributed by atoms with Crippen LogP contribution in [0.25, 0.3) is 0 Å². The Morgan fingerprint density at radius 1 is 0.812 bits per heavy atom. The zero-order valence-corrected chi connectivity index (χ0v) is 23.3. The van der Waals surface area contributed by atoms with Gasteiger partial charge in [0.25, 0.3) is 8.32 Å². The summed E-state index contributed by atoms with van der Waals surface area (Å²) < 4.78 is 13.9. The van der Waals surface area contributed by atoms with Crippen LogP contribution in [0.1, 0.15) is 54.4 Å². The fourth-order valence-electron chi connectivity index (χ4n) is 3.89. The van der Waals surface area contributed by atoms with Crippen LogP contribution >= 0.6 is 0 Å². The average Bonchev–Trinajstić information content (AvgIpc) is 2.73. The third-order valence-electron chi connectivity index (χ3n) is 6.80. The van der Waals surface area contributed by atoms with Crippen molar-refractivity contribution in [1.29, 1.82) is 0 Å². The van der Waals surface area contributed by atoms with E-state index in [4.69, 9.17) is 8.85 Å². The lowest BCUT2D eigenvalue weighted by Crippen LogP contribution is -2.68. The highest BCUT2D eigenvalue weighted by Gasteiger charge is 2.51. The zero-order chi connectivity index (χ0) is 24.0. The van der Waals surface area contributed by atoms with Crippen LogP contribution in [-0.2, 0) is 13.6 Å². The fourth-order valence-corrected chi connectivity index (χ4v) is 9.63. The highest BCUT2D eigenvalue weighted by Crippen LogP contribution is 2.39. The van der Waals surface area contributed by atoms with Gasteiger partial charge in [0.1, 0.15) is 6.29 Å². The van der Waals surface area contributed by atoms with Crippen LogP contribution in [0.5, 0.6) is 0 Å². The van der Waals surface area contributed by atoms with Crippen molar-refractivity contribution in [2.45, 2.75) is 83.7 Å². The Kier molecular flexibility index (Phi) is 8.85. The van der Waals surface area contributed by atoms with Crippen LogP contribution in [0.2, 0.25) is 23.2 Å². The second kappa shape index (κ2) is 10.6. The molecular formula is C27H42O3Si2. The summed E-state index contributed by atoms with van der Waals surface area (Å²) in [4.78, 5) is 11.3. The van der Waals surface area contributed by atoms with Gasteiger partial charge in [-0.3, -0.25) is 0 Å². The molecule has 0 fully saturated rings. The van der Waals surface area contributed by atoms with Crippen molar-refractivity contribution in [1.82, 2.24) is 0 Å². The molecule has 176 valence electrons. The van der Waals surface area contributed by atoms with E-state index in [-0.39, 0.29) is 16.2 Å². The van der Waals surface area contributed by atoms with E-state index < -0.39 is 16.6 Å². The summed E-state index contributed by atoms with van der Waals surface area (Å²) in [7, 11) is -4.62. The van der Waals surface area contributed by atoms with Gasteiger partial charge < -0.3 is 13.6 Å². The molecule has 1 unspecified atom stereocenters. The largest absolute Gasteiger partial charge is 0.414 e. The Hall–Kier alpha value is -1.54. The Morgan fingerprint density at radius 2 is 1.28 bits per heavy atom. The molecule has 0 saturated heterocycles.